The van der Waals surface area contributed by atoms with E-state index in [1.165, 1.54) is 0 Å². The Balaban J connectivity index is 1.35. The Labute approximate surface area is 210 Å². The smallest absolute Gasteiger partial charge is 0.335 e. The van der Waals surface area contributed by atoms with Crippen LogP contribution in [0.3, 0.4) is 0 Å². The van der Waals surface area contributed by atoms with Gasteiger partial charge in [0.2, 0.25) is 0 Å². The molecule has 3 aromatic rings. The van der Waals surface area contributed by atoms with Gasteiger partial charge in [0.1, 0.15) is 12.4 Å². The first-order chi connectivity index (χ1) is 17.1. The highest BCUT2D eigenvalue weighted by atomic mass is 35.5. The number of halogens is 1. The highest BCUT2D eigenvalue weighted by Crippen LogP contribution is 2.16. The second-order valence-electron chi connectivity index (χ2n) is 8.26. The van der Waals surface area contributed by atoms with Crippen LogP contribution in [0.25, 0.3) is 0 Å². The van der Waals surface area contributed by atoms with Gasteiger partial charge in [0.25, 0.3) is 0 Å². The Hall–Kier alpha value is -3.55. The third kappa shape index (κ3) is 7.47. The highest BCUT2D eigenvalue weighted by Gasteiger charge is 2.20. The number of carbonyl (C=O) groups is 1. The van der Waals surface area contributed by atoms with Crippen LogP contribution in [0.2, 0.25) is 5.02 Å². The Morgan fingerprint density at radius 1 is 0.943 bits per heavy atom. The second-order valence-corrected chi connectivity index (χ2v) is 8.70. The van der Waals surface area contributed by atoms with E-state index in [0.29, 0.717) is 18.2 Å². The van der Waals surface area contributed by atoms with Crippen LogP contribution < -0.4 is 10.1 Å². The van der Waals surface area contributed by atoms with E-state index in [1.54, 1.807) is 24.3 Å². The van der Waals surface area contributed by atoms with Gasteiger partial charge in [-0.2, -0.15) is 0 Å². The molecule has 4 rings (SSSR count). The first kappa shape index (κ1) is 24.6. The van der Waals surface area contributed by atoms with Crippen molar-refractivity contribution in [3.05, 3.63) is 95.0 Å². The van der Waals surface area contributed by atoms with Crippen molar-refractivity contribution in [2.24, 2.45) is 4.99 Å². The summed E-state index contributed by atoms with van der Waals surface area (Å²) in [6, 6.07) is 24.3. The van der Waals surface area contributed by atoms with E-state index in [9.17, 15) is 4.79 Å². The third-order valence-corrected chi connectivity index (χ3v) is 6.06. The van der Waals surface area contributed by atoms with Crippen LogP contribution in [-0.4, -0.2) is 66.2 Å². The van der Waals surface area contributed by atoms with E-state index in [1.807, 2.05) is 42.5 Å². The molecule has 0 aromatic heterocycles. The summed E-state index contributed by atoms with van der Waals surface area (Å²) in [6.07, 6.45) is 0. The summed E-state index contributed by atoms with van der Waals surface area (Å²) in [7, 11) is 0. The standard InChI is InChI=1S/C27H29ClN4O3/c28-23-8-12-25(13-9-23)35-19-18-31-14-16-32(17-15-31)27(29-20-21-4-2-1-3-5-21)30-24-10-6-22(7-11-24)26(33)34/h1-13H,14-20H2,(H,29,30)(H,33,34). The number of aromatic carboxylic acids is 1. The SMILES string of the molecule is O=C(O)c1ccc(NC(=NCc2ccccc2)N2CCN(CCOc3ccc(Cl)cc3)CC2)cc1. The number of hydrogen-bond donors (Lipinski definition) is 2. The van der Waals surface area contributed by atoms with Crippen LogP contribution in [0.15, 0.2) is 83.9 Å². The number of nitrogens with one attached hydrogen (secondary N) is 1. The first-order valence-corrected chi connectivity index (χ1v) is 12.0. The zero-order valence-corrected chi connectivity index (χ0v) is 20.2. The fourth-order valence-electron chi connectivity index (χ4n) is 3.80. The molecule has 7 nitrogen and oxygen atoms in total. The van der Waals surface area contributed by atoms with Crippen LogP contribution in [0.1, 0.15) is 15.9 Å². The van der Waals surface area contributed by atoms with Crippen LogP contribution in [0, 0.1) is 0 Å². The first-order valence-electron chi connectivity index (χ1n) is 11.6. The minimum absolute atomic E-state index is 0.257. The summed E-state index contributed by atoms with van der Waals surface area (Å²) in [6.45, 7) is 5.47. The lowest BCUT2D eigenvalue weighted by atomic mass is 10.2. The number of piperazine rings is 1. The predicted molar refractivity (Wildman–Crippen MR) is 140 cm³/mol. The number of aliphatic imine (C=N–C) groups is 1. The molecule has 0 aliphatic carbocycles. The average Bonchev–Trinajstić information content (AvgIpc) is 2.89. The monoisotopic (exact) mass is 492 g/mol. The van der Waals surface area contributed by atoms with Crippen molar-refractivity contribution in [3.8, 4) is 5.75 Å². The maximum atomic E-state index is 11.2. The van der Waals surface area contributed by atoms with E-state index >= 15 is 0 Å². The molecular weight excluding hydrogens is 464 g/mol. The normalized spacial score (nSPS) is 14.5. The molecule has 1 aliphatic rings. The quantitative estimate of drug-likeness (QED) is 0.350. The van der Waals surface area contributed by atoms with E-state index in [-0.39, 0.29) is 5.56 Å². The molecule has 0 radical (unpaired) electrons. The second kappa shape index (κ2) is 12.2. The van der Waals surface area contributed by atoms with Crippen LogP contribution in [0.4, 0.5) is 5.69 Å². The highest BCUT2D eigenvalue weighted by molar-refractivity contribution is 6.30. The van der Waals surface area contributed by atoms with E-state index in [0.717, 1.165) is 55.7 Å². The Morgan fingerprint density at radius 2 is 1.63 bits per heavy atom. The molecule has 0 spiro atoms. The topological polar surface area (TPSA) is 77.4 Å². The molecule has 8 heteroatoms. The molecule has 1 heterocycles. The fourth-order valence-corrected chi connectivity index (χ4v) is 3.93. The molecule has 1 aliphatic heterocycles. The number of carboxylic acid groups (broad SMARTS) is 1. The van der Waals surface area contributed by atoms with Crippen molar-refractivity contribution >= 4 is 29.2 Å². The summed E-state index contributed by atoms with van der Waals surface area (Å²) in [4.78, 5) is 20.7. The van der Waals surface area contributed by atoms with Crippen LogP contribution >= 0.6 is 11.6 Å². The zero-order chi connectivity index (χ0) is 24.5. The van der Waals surface area contributed by atoms with Crippen molar-refractivity contribution < 1.29 is 14.6 Å². The molecule has 0 atom stereocenters. The molecule has 0 unspecified atom stereocenters. The van der Waals surface area contributed by atoms with E-state index in [2.05, 4.69) is 27.2 Å². The van der Waals surface area contributed by atoms with Gasteiger partial charge in [-0.3, -0.25) is 4.90 Å². The van der Waals surface area contributed by atoms with Gasteiger partial charge in [0.05, 0.1) is 12.1 Å². The van der Waals surface area contributed by atoms with Crippen molar-refractivity contribution in [3.63, 3.8) is 0 Å². The van der Waals surface area contributed by atoms with Crippen LogP contribution in [-0.2, 0) is 6.54 Å². The molecule has 35 heavy (non-hydrogen) atoms. The lowest BCUT2D eigenvalue weighted by Crippen LogP contribution is -2.51. The maximum absolute atomic E-state index is 11.2. The number of carboxylic acids is 1. The van der Waals surface area contributed by atoms with Gasteiger partial charge >= 0.3 is 5.97 Å². The summed E-state index contributed by atoms with van der Waals surface area (Å²) in [5.41, 5.74) is 2.19. The maximum Gasteiger partial charge on any atom is 0.335 e. The van der Waals surface area contributed by atoms with Crippen molar-refractivity contribution in [1.82, 2.24) is 9.80 Å². The van der Waals surface area contributed by atoms with Gasteiger partial charge in [-0.05, 0) is 54.1 Å². The summed E-state index contributed by atoms with van der Waals surface area (Å²) >= 11 is 5.93. The number of guanidine groups is 1. The molecule has 2 N–H and O–H groups in total. The molecule has 0 bridgehead atoms. The minimum Gasteiger partial charge on any atom is -0.492 e. The lowest BCUT2D eigenvalue weighted by Gasteiger charge is -2.36. The fraction of sp³-hybridized carbons (Fsp3) is 0.259. The van der Waals surface area contributed by atoms with Gasteiger partial charge < -0.3 is 20.1 Å². The molecular formula is C27H29ClN4O3. The number of nitrogens with zero attached hydrogens (tertiary/aromatic N) is 3. The number of hydrogen-bond acceptors (Lipinski definition) is 4. The van der Waals surface area contributed by atoms with Crippen molar-refractivity contribution in [2.45, 2.75) is 6.54 Å². The van der Waals surface area contributed by atoms with Gasteiger partial charge in [0.15, 0.2) is 5.96 Å². The van der Waals surface area contributed by atoms with Gasteiger partial charge in [-0.1, -0.05) is 41.9 Å². The summed E-state index contributed by atoms with van der Waals surface area (Å²) in [5, 5.41) is 13.3. The lowest BCUT2D eigenvalue weighted by molar-refractivity contribution is 0.0697. The van der Waals surface area contributed by atoms with Crippen molar-refractivity contribution in [2.75, 3.05) is 44.6 Å². The predicted octanol–water partition coefficient (Wildman–Crippen LogP) is 4.70. The zero-order valence-electron chi connectivity index (χ0n) is 19.4. The van der Waals surface area contributed by atoms with E-state index < -0.39 is 5.97 Å². The molecule has 1 saturated heterocycles. The molecule has 0 saturated carbocycles. The largest absolute Gasteiger partial charge is 0.492 e. The third-order valence-electron chi connectivity index (χ3n) is 5.80. The van der Waals surface area contributed by atoms with Gasteiger partial charge in [-0.25, -0.2) is 9.79 Å². The summed E-state index contributed by atoms with van der Waals surface area (Å²) in [5.74, 6) is 0.668. The number of benzene rings is 3. The Kier molecular flexibility index (Phi) is 8.59. The number of rotatable bonds is 8. The molecule has 3 aromatic carbocycles. The average molecular weight is 493 g/mol. The molecule has 0 amide bonds. The summed E-state index contributed by atoms with van der Waals surface area (Å²) < 4.78 is 5.84. The molecule has 1 fully saturated rings. The Morgan fingerprint density at radius 3 is 2.29 bits per heavy atom. The number of ether oxygens (including phenoxy) is 1. The minimum atomic E-state index is -0.939. The van der Waals surface area contributed by atoms with Gasteiger partial charge in [-0.15, -0.1) is 0 Å². The molecule has 182 valence electrons. The van der Waals surface area contributed by atoms with E-state index in [4.69, 9.17) is 26.4 Å². The number of anilines is 1. The van der Waals surface area contributed by atoms with Gasteiger partial charge in [0, 0.05) is 43.4 Å². The Bertz CT molecular complexity index is 1110. The van der Waals surface area contributed by atoms with Crippen molar-refractivity contribution in [1.29, 1.82) is 0 Å². The van der Waals surface area contributed by atoms with Crippen LogP contribution in [0.5, 0.6) is 5.75 Å².